The van der Waals surface area contributed by atoms with Gasteiger partial charge in [0.05, 0.1) is 22.5 Å². The zero-order chi connectivity index (χ0) is 18.0. The Balaban J connectivity index is 1.96. The number of hydrogen-bond acceptors (Lipinski definition) is 3. The molecule has 126 valence electrons. The van der Waals surface area contributed by atoms with Crippen molar-refractivity contribution in [1.29, 1.82) is 0 Å². The molecule has 2 aromatic carbocycles. The minimum Gasteiger partial charge on any atom is -0.478 e. The second-order valence-electron chi connectivity index (χ2n) is 5.38. The number of carboxylic acid groups (broad SMARTS) is 1. The predicted molar refractivity (Wildman–Crippen MR) is 96.8 cm³/mol. The van der Waals surface area contributed by atoms with Gasteiger partial charge in [0.1, 0.15) is 0 Å². The normalized spacial score (nSPS) is 11.1. The highest BCUT2D eigenvalue weighted by Crippen LogP contribution is 2.15. The summed E-state index contributed by atoms with van der Waals surface area (Å²) >= 11 is 5.87. The number of halogens is 1. The highest BCUT2D eigenvalue weighted by Gasteiger charge is 2.11. The number of rotatable bonds is 4. The number of carboxylic acids is 1. The molecule has 0 amide bonds. The van der Waals surface area contributed by atoms with Gasteiger partial charge in [0, 0.05) is 16.9 Å². The van der Waals surface area contributed by atoms with Gasteiger partial charge in [-0.25, -0.2) is 9.48 Å². The summed E-state index contributed by atoms with van der Waals surface area (Å²) in [6.07, 6.45) is 1.43. The van der Waals surface area contributed by atoms with Gasteiger partial charge in [0.15, 0.2) is 0 Å². The molecule has 3 aromatic rings. The Bertz CT molecular complexity index is 1020. The van der Waals surface area contributed by atoms with Crippen molar-refractivity contribution in [3.05, 3.63) is 80.7 Å². The number of hydrogen-bond donors (Lipinski definition) is 2. The number of carbonyl (C=O) groups is 1. The number of benzene rings is 2. The summed E-state index contributed by atoms with van der Waals surface area (Å²) in [5, 5.41) is 12.6. The zero-order valence-corrected chi connectivity index (χ0v) is 14.0. The topological polar surface area (TPSA) is 87.5 Å². The van der Waals surface area contributed by atoms with Crippen LogP contribution in [-0.4, -0.2) is 27.1 Å². The Morgan fingerprint density at radius 1 is 1.24 bits per heavy atom. The van der Waals surface area contributed by atoms with Crippen LogP contribution in [0.15, 0.2) is 58.3 Å². The second kappa shape index (κ2) is 6.78. The maximum absolute atomic E-state index is 12.6. The summed E-state index contributed by atoms with van der Waals surface area (Å²) in [5.41, 5.74) is 2.05. The van der Waals surface area contributed by atoms with E-state index in [9.17, 15) is 9.59 Å². The fourth-order valence-corrected chi connectivity index (χ4v) is 2.47. The number of aromatic amines is 1. The molecule has 7 heteroatoms. The SMILES string of the molecule is Cc1[nH]n(-c2ccc(Cl)cc2)c(=O)c1C=Nc1cccc(C(=O)O)c1. The molecule has 0 bridgehead atoms. The van der Waals surface area contributed by atoms with Crippen LogP contribution < -0.4 is 5.56 Å². The Labute approximate surface area is 148 Å². The average Bonchev–Trinajstić information content (AvgIpc) is 2.88. The molecule has 0 aliphatic heterocycles. The van der Waals surface area contributed by atoms with E-state index in [2.05, 4.69) is 10.1 Å². The summed E-state index contributed by atoms with van der Waals surface area (Å²) < 4.78 is 1.40. The first-order valence-corrected chi connectivity index (χ1v) is 7.78. The van der Waals surface area contributed by atoms with Gasteiger partial charge in [-0.1, -0.05) is 17.7 Å². The standard InChI is InChI=1S/C18H14ClN3O3/c1-11-16(10-20-14-4-2-3-12(9-14)18(24)25)17(23)22(21-11)15-7-5-13(19)6-8-15/h2-10,21H,1H3,(H,24,25). The maximum Gasteiger partial charge on any atom is 0.335 e. The zero-order valence-electron chi connectivity index (χ0n) is 13.2. The van der Waals surface area contributed by atoms with Crippen LogP contribution in [0.4, 0.5) is 5.69 Å². The van der Waals surface area contributed by atoms with Crippen LogP contribution in [0.3, 0.4) is 0 Å². The molecular formula is C18H14ClN3O3. The molecule has 0 spiro atoms. The third-order valence-electron chi connectivity index (χ3n) is 3.64. The van der Waals surface area contributed by atoms with Crippen LogP contribution in [0.2, 0.25) is 5.02 Å². The molecular weight excluding hydrogens is 342 g/mol. The fourth-order valence-electron chi connectivity index (χ4n) is 2.34. The van der Waals surface area contributed by atoms with Gasteiger partial charge in [-0.15, -0.1) is 0 Å². The van der Waals surface area contributed by atoms with Crippen LogP contribution in [0.1, 0.15) is 21.6 Å². The quantitative estimate of drug-likeness (QED) is 0.701. The molecule has 25 heavy (non-hydrogen) atoms. The lowest BCUT2D eigenvalue weighted by atomic mass is 10.2. The Morgan fingerprint density at radius 2 is 1.96 bits per heavy atom. The molecule has 0 aliphatic rings. The molecule has 1 heterocycles. The first-order chi connectivity index (χ1) is 12.0. The molecule has 0 fully saturated rings. The minimum absolute atomic E-state index is 0.138. The number of nitrogens with zero attached hydrogens (tertiary/aromatic N) is 2. The number of aromatic carboxylic acids is 1. The molecule has 0 atom stereocenters. The number of H-pyrrole nitrogens is 1. The monoisotopic (exact) mass is 355 g/mol. The van der Waals surface area contributed by atoms with Crippen molar-refractivity contribution < 1.29 is 9.90 Å². The van der Waals surface area contributed by atoms with Gasteiger partial charge in [0.2, 0.25) is 0 Å². The van der Waals surface area contributed by atoms with Crippen LogP contribution >= 0.6 is 11.6 Å². The van der Waals surface area contributed by atoms with E-state index in [4.69, 9.17) is 16.7 Å². The van der Waals surface area contributed by atoms with Crippen molar-refractivity contribution >= 4 is 29.5 Å². The van der Waals surface area contributed by atoms with Crippen LogP contribution in [0.5, 0.6) is 0 Å². The van der Waals surface area contributed by atoms with Gasteiger partial charge >= 0.3 is 5.97 Å². The van der Waals surface area contributed by atoms with E-state index in [0.717, 1.165) is 0 Å². The van der Waals surface area contributed by atoms with Crippen molar-refractivity contribution in [1.82, 2.24) is 9.78 Å². The Hall–Kier alpha value is -3.12. The molecule has 0 unspecified atom stereocenters. The molecule has 2 N–H and O–H groups in total. The van der Waals surface area contributed by atoms with E-state index >= 15 is 0 Å². The second-order valence-corrected chi connectivity index (χ2v) is 5.82. The summed E-state index contributed by atoms with van der Waals surface area (Å²) in [5.74, 6) is -1.03. The van der Waals surface area contributed by atoms with E-state index in [1.54, 1.807) is 43.3 Å². The van der Waals surface area contributed by atoms with E-state index in [0.29, 0.717) is 27.7 Å². The summed E-state index contributed by atoms with van der Waals surface area (Å²) in [4.78, 5) is 27.8. The van der Waals surface area contributed by atoms with Crippen molar-refractivity contribution in [2.75, 3.05) is 0 Å². The van der Waals surface area contributed by atoms with Crippen molar-refractivity contribution in [2.45, 2.75) is 6.92 Å². The minimum atomic E-state index is -1.03. The van der Waals surface area contributed by atoms with Crippen molar-refractivity contribution in [3.8, 4) is 5.69 Å². The molecule has 1 aromatic heterocycles. The summed E-state index contributed by atoms with van der Waals surface area (Å²) in [7, 11) is 0. The lowest BCUT2D eigenvalue weighted by Crippen LogP contribution is -2.17. The number of nitrogens with one attached hydrogen (secondary N) is 1. The van der Waals surface area contributed by atoms with Crippen LogP contribution in [0.25, 0.3) is 5.69 Å². The van der Waals surface area contributed by atoms with Crippen LogP contribution in [-0.2, 0) is 0 Å². The first-order valence-electron chi connectivity index (χ1n) is 7.40. The summed E-state index contributed by atoms with van der Waals surface area (Å²) in [6.45, 7) is 1.77. The molecule has 3 rings (SSSR count). The number of aliphatic imine (C=N–C) groups is 1. The average molecular weight is 356 g/mol. The van der Waals surface area contributed by atoms with Gasteiger partial charge in [0.25, 0.3) is 5.56 Å². The van der Waals surface area contributed by atoms with E-state index in [1.165, 1.54) is 23.0 Å². The van der Waals surface area contributed by atoms with Crippen molar-refractivity contribution in [3.63, 3.8) is 0 Å². The van der Waals surface area contributed by atoms with Gasteiger partial charge in [-0.05, 0) is 49.4 Å². The van der Waals surface area contributed by atoms with E-state index < -0.39 is 5.97 Å². The highest BCUT2D eigenvalue weighted by molar-refractivity contribution is 6.30. The lowest BCUT2D eigenvalue weighted by Gasteiger charge is -2.00. The molecule has 0 saturated carbocycles. The largest absolute Gasteiger partial charge is 0.478 e. The fraction of sp³-hybridized carbons (Fsp3) is 0.0556. The van der Waals surface area contributed by atoms with Gasteiger partial charge in [-0.3, -0.25) is 14.9 Å². The highest BCUT2D eigenvalue weighted by atomic mass is 35.5. The molecule has 0 radical (unpaired) electrons. The number of aromatic nitrogens is 2. The van der Waals surface area contributed by atoms with E-state index in [1.807, 2.05) is 0 Å². The molecule has 0 aliphatic carbocycles. The lowest BCUT2D eigenvalue weighted by molar-refractivity contribution is 0.0697. The predicted octanol–water partition coefficient (Wildman–Crippen LogP) is 3.58. The third kappa shape index (κ3) is 3.54. The molecule has 0 saturated heterocycles. The van der Waals surface area contributed by atoms with Crippen molar-refractivity contribution in [2.24, 2.45) is 4.99 Å². The Kier molecular flexibility index (Phi) is 4.54. The smallest absolute Gasteiger partial charge is 0.335 e. The maximum atomic E-state index is 12.6. The summed E-state index contributed by atoms with van der Waals surface area (Å²) in [6, 6.07) is 13.1. The first kappa shape index (κ1) is 16.7. The molecule has 6 nitrogen and oxygen atoms in total. The van der Waals surface area contributed by atoms with Gasteiger partial charge in [-0.2, -0.15) is 0 Å². The van der Waals surface area contributed by atoms with Crippen LogP contribution in [0, 0.1) is 6.92 Å². The van der Waals surface area contributed by atoms with Gasteiger partial charge < -0.3 is 5.11 Å². The Morgan fingerprint density at radius 3 is 2.64 bits per heavy atom. The number of aryl methyl sites for hydroxylation is 1. The third-order valence-corrected chi connectivity index (χ3v) is 3.89. The van der Waals surface area contributed by atoms with E-state index in [-0.39, 0.29) is 11.1 Å².